The number of phenols is 1. The standard InChI is InChI=1S/C14H14F2I2O5/c1-3-13(4-2,14(15,16)12(21)22)23-11(20)8-5-7(17)6-9(18)10(8)19/h5-6,19H,3-4H2,1-2H3,(H,21,22)/p-1. The fraction of sp³-hybridized carbons (Fsp3) is 0.429. The van der Waals surface area contributed by atoms with Crippen LogP contribution in [0.1, 0.15) is 37.0 Å². The molecule has 0 fully saturated rings. The van der Waals surface area contributed by atoms with Gasteiger partial charge in [0.05, 0.1) is 3.57 Å². The second-order valence-corrected chi connectivity index (χ2v) is 7.14. The Morgan fingerprint density at radius 1 is 1.26 bits per heavy atom. The summed E-state index contributed by atoms with van der Waals surface area (Å²) in [7, 11) is 0. The summed E-state index contributed by atoms with van der Waals surface area (Å²) in [5.74, 6) is -8.61. The normalized spacial score (nSPS) is 12.1. The number of benzene rings is 1. The third kappa shape index (κ3) is 3.86. The van der Waals surface area contributed by atoms with Crippen LogP contribution < -0.4 is 5.11 Å². The van der Waals surface area contributed by atoms with Gasteiger partial charge in [-0.3, -0.25) is 0 Å². The van der Waals surface area contributed by atoms with E-state index in [-0.39, 0.29) is 5.56 Å². The summed E-state index contributed by atoms with van der Waals surface area (Å²) in [6.45, 7) is 2.57. The number of esters is 1. The molecule has 0 spiro atoms. The largest absolute Gasteiger partial charge is 0.544 e. The van der Waals surface area contributed by atoms with Crippen LogP contribution in [-0.4, -0.2) is 28.6 Å². The van der Waals surface area contributed by atoms with Gasteiger partial charge in [-0.05, 0) is 70.2 Å². The summed E-state index contributed by atoms with van der Waals surface area (Å²) >= 11 is 3.66. The van der Waals surface area contributed by atoms with Crippen LogP contribution in [0, 0.1) is 7.14 Å². The summed E-state index contributed by atoms with van der Waals surface area (Å²) < 4.78 is 33.8. The highest BCUT2D eigenvalue weighted by Crippen LogP contribution is 2.39. The first-order valence-corrected chi connectivity index (χ1v) is 8.68. The maximum atomic E-state index is 14.0. The van der Waals surface area contributed by atoms with Gasteiger partial charge in [0, 0.05) is 3.57 Å². The average molecular weight is 553 g/mol. The van der Waals surface area contributed by atoms with Crippen molar-refractivity contribution in [1.82, 2.24) is 0 Å². The lowest BCUT2D eigenvalue weighted by Gasteiger charge is -2.38. The molecule has 0 unspecified atom stereocenters. The van der Waals surface area contributed by atoms with Gasteiger partial charge < -0.3 is 19.7 Å². The number of aliphatic carboxylic acids is 1. The molecule has 128 valence electrons. The second-order valence-electron chi connectivity index (χ2n) is 4.74. The fourth-order valence-corrected chi connectivity index (χ4v) is 3.89. The van der Waals surface area contributed by atoms with E-state index in [9.17, 15) is 28.6 Å². The number of halogens is 4. The van der Waals surface area contributed by atoms with Crippen molar-refractivity contribution in [2.45, 2.75) is 38.2 Å². The predicted molar refractivity (Wildman–Crippen MR) is 92.2 cm³/mol. The van der Waals surface area contributed by atoms with Crippen molar-refractivity contribution in [1.29, 1.82) is 0 Å². The zero-order valence-electron chi connectivity index (χ0n) is 12.2. The van der Waals surface area contributed by atoms with E-state index in [0.717, 1.165) is 0 Å². The van der Waals surface area contributed by atoms with E-state index in [1.807, 2.05) is 22.6 Å². The van der Waals surface area contributed by atoms with Gasteiger partial charge in [-0.2, -0.15) is 8.78 Å². The van der Waals surface area contributed by atoms with E-state index in [1.54, 1.807) is 28.7 Å². The van der Waals surface area contributed by atoms with E-state index in [2.05, 4.69) is 0 Å². The summed E-state index contributed by atoms with van der Waals surface area (Å²) in [6, 6.07) is 2.85. The van der Waals surface area contributed by atoms with Gasteiger partial charge in [-0.25, -0.2) is 4.79 Å². The van der Waals surface area contributed by atoms with Crippen LogP contribution >= 0.6 is 45.2 Å². The fourth-order valence-electron chi connectivity index (χ4n) is 2.04. The molecule has 1 aromatic carbocycles. The molecule has 23 heavy (non-hydrogen) atoms. The quantitative estimate of drug-likeness (QED) is 0.433. The highest BCUT2D eigenvalue weighted by Gasteiger charge is 2.56. The Labute approximate surface area is 158 Å². The maximum absolute atomic E-state index is 14.0. The van der Waals surface area contributed by atoms with E-state index in [1.165, 1.54) is 19.9 Å². The zero-order valence-corrected chi connectivity index (χ0v) is 16.5. The number of hydrogen-bond donors (Lipinski definition) is 1. The molecule has 1 rings (SSSR count). The van der Waals surface area contributed by atoms with Gasteiger partial charge in [0.2, 0.25) is 0 Å². The third-order valence-corrected chi connectivity index (χ3v) is 4.95. The number of carboxylic acid groups (broad SMARTS) is 1. The van der Waals surface area contributed by atoms with Crippen LogP contribution in [0.2, 0.25) is 0 Å². The predicted octanol–water partition coefficient (Wildman–Crippen LogP) is 2.70. The molecule has 5 nitrogen and oxygen atoms in total. The number of carbonyl (C=O) groups is 2. The Morgan fingerprint density at radius 2 is 1.78 bits per heavy atom. The minimum absolute atomic E-state index is 0.304. The van der Waals surface area contributed by atoms with E-state index in [0.29, 0.717) is 7.14 Å². The van der Waals surface area contributed by atoms with Gasteiger partial charge in [0.1, 0.15) is 17.3 Å². The highest BCUT2D eigenvalue weighted by molar-refractivity contribution is 14.1. The van der Waals surface area contributed by atoms with Crippen LogP contribution in [0.15, 0.2) is 12.1 Å². The molecule has 0 aliphatic carbocycles. The van der Waals surface area contributed by atoms with Crippen LogP contribution in [0.5, 0.6) is 5.75 Å². The molecule has 0 heterocycles. The SMILES string of the molecule is CCC(CC)(OC(=O)c1cc(I)cc(I)c1O)C(F)(F)C(=O)[O-]. The third-order valence-electron chi connectivity index (χ3n) is 3.51. The number of aromatic hydroxyl groups is 1. The van der Waals surface area contributed by atoms with Gasteiger partial charge in [-0.15, -0.1) is 0 Å². The summed E-state index contributed by atoms with van der Waals surface area (Å²) in [6.07, 6.45) is -0.865. The first-order valence-electron chi connectivity index (χ1n) is 6.53. The lowest BCUT2D eigenvalue weighted by molar-refractivity contribution is -0.344. The van der Waals surface area contributed by atoms with Gasteiger partial charge >= 0.3 is 11.9 Å². The van der Waals surface area contributed by atoms with E-state index < -0.39 is 42.1 Å². The van der Waals surface area contributed by atoms with E-state index >= 15 is 0 Å². The first-order chi connectivity index (χ1) is 10.5. The monoisotopic (exact) mass is 553 g/mol. The molecule has 0 bridgehead atoms. The Hall–Kier alpha value is -0.720. The van der Waals surface area contributed by atoms with E-state index in [4.69, 9.17) is 4.74 Å². The molecule has 0 aliphatic rings. The molecule has 1 aromatic rings. The number of carboxylic acids is 1. The number of ether oxygens (including phenoxy) is 1. The Kier molecular flexibility index (Phi) is 6.58. The van der Waals surface area contributed by atoms with Crippen LogP contribution in [0.25, 0.3) is 0 Å². The Balaban J connectivity index is 3.31. The molecule has 0 amide bonds. The molecule has 0 aromatic heterocycles. The number of alkyl halides is 2. The molecular weight excluding hydrogens is 540 g/mol. The molecule has 0 saturated carbocycles. The van der Waals surface area contributed by atoms with Crippen molar-refractivity contribution >= 4 is 57.1 Å². The molecule has 1 N–H and O–H groups in total. The minimum atomic E-state index is -4.36. The number of rotatable bonds is 6. The lowest BCUT2D eigenvalue weighted by Crippen LogP contribution is -2.59. The topological polar surface area (TPSA) is 86.7 Å². The molecule has 0 aliphatic heterocycles. The van der Waals surface area contributed by atoms with Gasteiger partial charge in [0.25, 0.3) is 0 Å². The number of phenolic OH excluding ortho intramolecular Hbond substituents is 1. The van der Waals surface area contributed by atoms with Crippen molar-refractivity contribution in [2.24, 2.45) is 0 Å². The molecule has 0 radical (unpaired) electrons. The molecular formula is C14H13F2I2O5-. The summed E-state index contributed by atoms with van der Waals surface area (Å²) in [4.78, 5) is 23.0. The highest BCUT2D eigenvalue weighted by atomic mass is 127. The maximum Gasteiger partial charge on any atom is 0.342 e. The smallest absolute Gasteiger partial charge is 0.342 e. The first kappa shape index (κ1) is 20.3. The molecule has 0 saturated heterocycles. The van der Waals surface area contributed by atoms with Gasteiger partial charge in [-0.1, -0.05) is 13.8 Å². The summed E-state index contributed by atoms with van der Waals surface area (Å²) in [5.41, 5.74) is -2.86. The van der Waals surface area contributed by atoms with Gasteiger partial charge in [0.15, 0.2) is 5.60 Å². The van der Waals surface area contributed by atoms with Crippen LogP contribution in [0.4, 0.5) is 8.78 Å². The average Bonchev–Trinajstić information content (AvgIpc) is 2.47. The second kappa shape index (κ2) is 7.45. The Morgan fingerprint density at radius 3 is 2.22 bits per heavy atom. The molecule has 9 heteroatoms. The zero-order chi connectivity index (χ0) is 18.0. The minimum Gasteiger partial charge on any atom is -0.544 e. The van der Waals surface area contributed by atoms with Crippen LogP contribution in [0.3, 0.4) is 0 Å². The molecule has 0 atom stereocenters. The lowest BCUT2D eigenvalue weighted by atomic mass is 9.89. The van der Waals surface area contributed by atoms with Crippen molar-refractivity contribution in [2.75, 3.05) is 0 Å². The van der Waals surface area contributed by atoms with Crippen LogP contribution in [-0.2, 0) is 9.53 Å². The summed E-state index contributed by atoms with van der Waals surface area (Å²) in [5, 5.41) is 20.7. The number of hydrogen-bond acceptors (Lipinski definition) is 5. The van der Waals surface area contributed by atoms with Crippen molar-refractivity contribution in [3.63, 3.8) is 0 Å². The van der Waals surface area contributed by atoms with Crippen molar-refractivity contribution < 1.29 is 33.3 Å². The van der Waals surface area contributed by atoms with Crippen molar-refractivity contribution in [3.8, 4) is 5.75 Å². The van der Waals surface area contributed by atoms with Crippen molar-refractivity contribution in [3.05, 3.63) is 24.8 Å². The Bertz CT molecular complexity index is 630. The number of carbonyl (C=O) groups excluding carboxylic acids is 2.